The number of hydrogen-bond donors (Lipinski definition) is 0. The molecule has 0 radical (unpaired) electrons. The fraction of sp³-hybridized carbons (Fsp3) is 0. The van der Waals surface area contributed by atoms with Gasteiger partial charge in [-0.05, 0) is 193 Å². The summed E-state index contributed by atoms with van der Waals surface area (Å²) >= 11 is 0. The van der Waals surface area contributed by atoms with Crippen molar-refractivity contribution in [1.82, 2.24) is 14.5 Å². The quantitative estimate of drug-likeness (QED) is 0.101. The second-order valence-corrected chi connectivity index (χ2v) is 29.3. The summed E-state index contributed by atoms with van der Waals surface area (Å²) in [6.45, 7) is 0. The molecular formula is C110H72N4O. The van der Waals surface area contributed by atoms with E-state index in [0.717, 1.165) is 66.5 Å². The first-order chi connectivity index (χ1) is 57.1. The van der Waals surface area contributed by atoms with E-state index in [1.54, 1.807) is 0 Å². The van der Waals surface area contributed by atoms with Crippen LogP contribution in [0.25, 0.3) is 192 Å². The normalized spacial score (nSPS) is 11.5. The molecule has 5 heteroatoms. The number of nitrogens with zero attached hydrogens (tertiary/aromatic N) is 4. The summed E-state index contributed by atoms with van der Waals surface area (Å²) in [6, 6.07) is 152. The monoisotopic (exact) mass is 1460 g/mol. The lowest BCUT2D eigenvalue weighted by Crippen LogP contribution is -2.10. The lowest BCUT2D eigenvalue weighted by atomic mass is 9.86. The fourth-order valence-electron chi connectivity index (χ4n) is 17.5. The molecule has 0 aliphatic carbocycles. The van der Waals surface area contributed by atoms with E-state index in [2.05, 4.69) is 432 Å². The van der Waals surface area contributed by atoms with Crippen molar-refractivity contribution in [3.05, 3.63) is 437 Å². The molecule has 4 heterocycles. The van der Waals surface area contributed by atoms with Crippen molar-refractivity contribution in [2.45, 2.75) is 0 Å². The summed E-state index contributed by atoms with van der Waals surface area (Å²) in [4.78, 5) is 11.6. The van der Waals surface area contributed by atoms with Crippen molar-refractivity contribution in [3.8, 4) is 72.4 Å². The third kappa shape index (κ3) is 12.1. The van der Waals surface area contributed by atoms with Crippen LogP contribution in [0.3, 0.4) is 0 Å². The van der Waals surface area contributed by atoms with Gasteiger partial charge in [0, 0.05) is 61.8 Å². The molecule has 23 rings (SSSR count). The summed E-state index contributed by atoms with van der Waals surface area (Å²) in [5.41, 5.74) is 25.0. The lowest BCUT2D eigenvalue weighted by molar-refractivity contribution is 0.669. The van der Waals surface area contributed by atoms with E-state index in [1.807, 2.05) is 24.5 Å². The van der Waals surface area contributed by atoms with Gasteiger partial charge in [-0.15, -0.1) is 0 Å². The van der Waals surface area contributed by atoms with Gasteiger partial charge in [-0.1, -0.05) is 352 Å². The Kier molecular flexibility index (Phi) is 17.2. The van der Waals surface area contributed by atoms with Gasteiger partial charge >= 0.3 is 0 Å². The SMILES string of the molecule is c1ccc(-c2c3ccccc3c(-c3ccc(-n4c5ccc6ccccc6c5c5c6ccccc6ccc54)cc3)c3ccccc23)cc1.c1ccc(-c2ccc(N(c3ccc(-c4ccccc4)cc3)c3cccc4c3oc3ccc5ccccc5c34)cc2)cc1.c1ccc(-c2ccnc3c2ccc2c(-c4ccccc4)ccnc23)cc1. The average molecular weight is 1470 g/mol. The molecule has 0 atom stereocenters. The highest BCUT2D eigenvalue weighted by Crippen LogP contribution is 2.48. The summed E-state index contributed by atoms with van der Waals surface area (Å²) in [7, 11) is 0. The highest BCUT2D eigenvalue weighted by Gasteiger charge is 2.24. The van der Waals surface area contributed by atoms with Crippen LogP contribution in [0.2, 0.25) is 0 Å². The Labute approximate surface area is 665 Å². The number of benzene rings is 19. The largest absolute Gasteiger partial charge is 0.454 e. The minimum Gasteiger partial charge on any atom is -0.454 e. The first-order valence-electron chi connectivity index (χ1n) is 39.2. The molecule has 0 saturated carbocycles. The molecule has 0 bridgehead atoms. The molecule has 5 nitrogen and oxygen atoms in total. The molecule has 0 unspecified atom stereocenters. The Hall–Kier alpha value is -15.3. The second kappa shape index (κ2) is 29.2. The van der Waals surface area contributed by atoms with Crippen LogP contribution < -0.4 is 4.90 Å². The van der Waals surface area contributed by atoms with Crippen LogP contribution in [0.5, 0.6) is 0 Å². The molecule has 19 aromatic carbocycles. The number of pyridine rings is 2. The molecule has 0 aliphatic rings. The number of aromatic nitrogens is 3. The van der Waals surface area contributed by atoms with Gasteiger partial charge in [0.25, 0.3) is 0 Å². The third-order valence-electron chi connectivity index (χ3n) is 22.8. The number of hydrogen-bond acceptors (Lipinski definition) is 4. The Morgan fingerprint density at radius 1 is 0.226 bits per heavy atom. The fourth-order valence-corrected chi connectivity index (χ4v) is 17.5. The van der Waals surface area contributed by atoms with Crippen LogP contribution in [0, 0.1) is 0 Å². The zero-order valence-electron chi connectivity index (χ0n) is 62.8. The van der Waals surface area contributed by atoms with Gasteiger partial charge < -0.3 is 13.9 Å². The standard InChI is InChI=1S/C46H29N.C40H27NO.C24H16N2/c1-2-14-32(15-3-1)43-37-18-8-10-20-39(37)44(40-21-11-9-19-38(40)43)33-22-26-34(27-23-33)47-41-28-24-30-12-4-6-16-35(30)45(41)46-36-17-7-5-13-31(36)25-29-42(46)47;1-3-10-28(11-4-1)30-18-23-33(24-19-30)41(34-25-20-31(21-26-34)29-12-5-2-6-13-29)37-17-9-16-36-39-35-15-8-7-14-32(35)22-27-38(39)42-40(36)37;1-3-7-17(8-4-1)19-13-15-25-23-21(19)11-12-22-20(14-16-26-24(22)23)18-9-5-2-6-10-18/h1-29H;1-27H;1-16H. The predicted octanol–water partition coefficient (Wildman–Crippen LogP) is 30.4. The van der Waals surface area contributed by atoms with Crippen molar-refractivity contribution in [2.75, 3.05) is 4.90 Å². The smallest absolute Gasteiger partial charge is 0.159 e. The van der Waals surface area contributed by atoms with Gasteiger partial charge in [-0.3, -0.25) is 9.97 Å². The van der Waals surface area contributed by atoms with Gasteiger partial charge in [0.1, 0.15) is 5.58 Å². The first kappa shape index (κ1) is 67.8. The van der Waals surface area contributed by atoms with Gasteiger partial charge in [0.15, 0.2) is 5.58 Å². The maximum atomic E-state index is 6.66. The molecule has 0 N–H and O–H groups in total. The highest BCUT2D eigenvalue weighted by atomic mass is 16.3. The number of furan rings is 1. The van der Waals surface area contributed by atoms with Crippen LogP contribution in [-0.2, 0) is 0 Å². The van der Waals surface area contributed by atoms with E-state index in [-0.39, 0.29) is 0 Å². The number of fused-ring (bicyclic) bond motifs is 17. The van der Waals surface area contributed by atoms with E-state index < -0.39 is 0 Å². The van der Waals surface area contributed by atoms with E-state index >= 15 is 0 Å². The summed E-state index contributed by atoms with van der Waals surface area (Å²) < 4.78 is 9.11. The van der Waals surface area contributed by atoms with E-state index in [1.165, 1.54) is 142 Å². The molecule has 23 aromatic rings. The topological polar surface area (TPSA) is 47.1 Å². The Bertz CT molecular complexity index is 7260. The van der Waals surface area contributed by atoms with Crippen molar-refractivity contribution < 1.29 is 4.42 Å². The van der Waals surface area contributed by atoms with E-state index in [0.29, 0.717) is 0 Å². The highest BCUT2D eigenvalue weighted by molar-refractivity contribution is 6.29. The molecule has 0 amide bonds. The summed E-state index contributed by atoms with van der Waals surface area (Å²) in [6.07, 6.45) is 3.75. The zero-order chi connectivity index (χ0) is 76.1. The summed E-state index contributed by atoms with van der Waals surface area (Å²) in [5, 5.41) is 19.8. The lowest BCUT2D eigenvalue weighted by Gasteiger charge is -2.26. The van der Waals surface area contributed by atoms with Crippen molar-refractivity contribution >= 4 is 136 Å². The van der Waals surface area contributed by atoms with Crippen LogP contribution in [-0.4, -0.2) is 14.5 Å². The summed E-state index contributed by atoms with van der Waals surface area (Å²) in [5.74, 6) is 0. The molecule has 0 fully saturated rings. The average Bonchev–Trinajstić information content (AvgIpc) is 1.59. The number of anilines is 3. The maximum absolute atomic E-state index is 6.66. The van der Waals surface area contributed by atoms with Crippen LogP contribution in [0.1, 0.15) is 0 Å². The maximum Gasteiger partial charge on any atom is 0.159 e. The minimum atomic E-state index is 0.878. The van der Waals surface area contributed by atoms with Gasteiger partial charge in [0.05, 0.1) is 27.8 Å². The van der Waals surface area contributed by atoms with Crippen molar-refractivity contribution in [1.29, 1.82) is 0 Å². The zero-order valence-corrected chi connectivity index (χ0v) is 62.8. The Morgan fingerprint density at radius 3 is 1.00 bits per heavy atom. The van der Waals surface area contributed by atoms with E-state index in [4.69, 9.17) is 4.42 Å². The third-order valence-corrected chi connectivity index (χ3v) is 22.8. The van der Waals surface area contributed by atoms with Crippen LogP contribution >= 0.6 is 0 Å². The minimum absolute atomic E-state index is 0.878. The predicted molar refractivity (Wildman–Crippen MR) is 486 cm³/mol. The number of rotatable bonds is 10. The van der Waals surface area contributed by atoms with Crippen molar-refractivity contribution in [2.24, 2.45) is 0 Å². The molecule has 4 aromatic heterocycles. The van der Waals surface area contributed by atoms with Gasteiger partial charge in [0.2, 0.25) is 0 Å². The molecule has 538 valence electrons. The van der Waals surface area contributed by atoms with Crippen LogP contribution in [0.15, 0.2) is 441 Å². The van der Waals surface area contributed by atoms with Gasteiger partial charge in [-0.2, -0.15) is 0 Å². The van der Waals surface area contributed by atoms with E-state index in [9.17, 15) is 0 Å². The molecule has 0 spiro atoms. The van der Waals surface area contributed by atoms with Crippen LogP contribution in [0.4, 0.5) is 17.1 Å². The first-order valence-corrected chi connectivity index (χ1v) is 39.2. The van der Waals surface area contributed by atoms with Gasteiger partial charge in [-0.25, -0.2) is 0 Å². The number of para-hydroxylation sites is 1. The Balaban J connectivity index is 0.000000112. The second-order valence-electron chi connectivity index (χ2n) is 29.3. The molecule has 115 heavy (non-hydrogen) atoms. The molecule has 0 aliphatic heterocycles. The van der Waals surface area contributed by atoms with Crippen molar-refractivity contribution in [3.63, 3.8) is 0 Å². The molecular weight excluding hydrogens is 1390 g/mol. The Morgan fingerprint density at radius 2 is 0.565 bits per heavy atom. The molecule has 0 saturated heterocycles.